The molecule has 0 atom stereocenters. The van der Waals surface area contributed by atoms with Gasteiger partial charge in [0.25, 0.3) is 11.8 Å². The van der Waals surface area contributed by atoms with E-state index in [4.69, 9.17) is 9.47 Å². The molecule has 2 heterocycles. The molecule has 5 amide bonds. The van der Waals surface area contributed by atoms with Crippen molar-refractivity contribution < 1.29 is 28.7 Å². The van der Waals surface area contributed by atoms with Crippen molar-refractivity contribution in [2.75, 3.05) is 13.2 Å². The molecule has 0 bridgehead atoms. The van der Waals surface area contributed by atoms with Crippen LogP contribution in [0.1, 0.15) is 39.7 Å². The number of imide groups is 1. The Morgan fingerprint density at radius 2 is 1.87 bits per heavy atom. The zero-order chi connectivity index (χ0) is 22.1. The van der Waals surface area contributed by atoms with Crippen LogP contribution < -0.4 is 25.6 Å². The molecular weight excluding hydrogens is 392 g/mol. The van der Waals surface area contributed by atoms with Crippen molar-refractivity contribution in [1.29, 1.82) is 0 Å². The number of rotatable bonds is 6. The van der Waals surface area contributed by atoms with Crippen molar-refractivity contribution in [3.63, 3.8) is 0 Å². The molecule has 0 aromatic heterocycles. The molecule has 162 valence electrons. The van der Waals surface area contributed by atoms with Crippen LogP contribution in [0.3, 0.4) is 0 Å². The molecule has 2 aliphatic rings. The maximum atomic E-state index is 12.1. The van der Waals surface area contributed by atoms with Crippen LogP contribution in [-0.4, -0.2) is 52.9 Å². The summed E-state index contributed by atoms with van der Waals surface area (Å²) < 4.78 is 11.4. The van der Waals surface area contributed by atoms with Crippen molar-refractivity contribution in [3.8, 4) is 11.5 Å². The van der Waals surface area contributed by atoms with Crippen molar-refractivity contribution in [3.05, 3.63) is 23.8 Å². The molecule has 0 unspecified atom stereocenters. The lowest BCUT2D eigenvalue weighted by Crippen LogP contribution is -2.45. The first-order chi connectivity index (χ1) is 14.0. The van der Waals surface area contributed by atoms with E-state index < -0.39 is 29.3 Å². The van der Waals surface area contributed by atoms with Gasteiger partial charge in [0.2, 0.25) is 5.91 Å². The molecule has 0 radical (unpaired) electrons. The predicted octanol–water partition coefficient (Wildman–Crippen LogP) is 0.647. The molecule has 10 heteroatoms. The summed E-state index contributed by atoms with van der Waals surface area (Å²) in [5.74, 6) is -0.427. The average Bonchev–Trinajstić information content (AvgIpc) is 3.07. The monoisotopic (exact) mass is 418 g/mol. The molecule has 0 spiro atoms. The maximum absolute atomic E-state index is 12.1. The molecule has 30 heavy (non-hydrogen) atoms. The number of hydrogen-bond acceptors (Lipinski definition) is 6. The third-order valence-electron chi connectivity index (χ3n) is 4.76. The number of fused-ring (bicyclic) bond motifs is 1. The summed E-state index contributed by atoms with van der Waals surface area (Å²) in [4.78, 5) is 48.7. The lowest BCUT2D eigenvalue weighted by Gasteiger charge is -2.18. The Morgan fingerprint density at radius 3 is 2.53 bits per heavy atom. The van der Waals surface area contributed by atoms with Gasteiger partial charge < -0.3 is 14.8 Å². The summed E-state index contributed by atoms with van der Waals surface area (Å²) >= 11 is 0. The Bertz CT molecular complexity index is 895. The summed E-state index contributed by atoms with van der Waals surface area (Å²) in [6.45, 7) is 6.71. The Kier molecular flexibility index (Phi) is 5.60. The smallest absolute Gasteiger partial charge is 0.325 e. The largest absolute Gasteiger partial charge is 0.483 e. The summed E-state index contributed by atoms with van der Waals surface area (Å²) in [6.07, 6.45) is 0.599. The second kappa shape index (κ2) is 7.85. The fraction of sp³-hybridized carbons (Fsp3) is 0.500. The number of ether oxygens (including phenoxy) is 2. The predicted molar refractivity (Wildman–Crippen MR) is 106 cm³/mol. The van der Waals surface area contributed by atoms with Crippen LogP contribution in [0.25, 0.3) is 0 Å². The highest BCUT2D eigenvalue weighted by Crippen LogP contribution is 2.41. The van der Waals surface area contributed by atoms with Gasteiger partial charge in [-0.25, -0.2) is 4.79 Å². The highest BCUT2D eigenvalue weighted by molar-refractivity contribution is 6.06. The first-order valence-corrected chi connectivity index (χ1v) is 9.64. The summed E-state index contributed by atoms with van der Waals surface area (Å²) in [5, 5.41) is 2.53. The van der Waals surface area contributed by atoms with Crippen molar-refractivity contribution in [2.24, 2.45) is 0 Å². The zero-order valence-electron chi connectivity index (χ0n) is 17.5. The van der Waals surface area contributed by atoms with Gasteiger partial charge in [0.15, 0.2) is 18.1 Å². The molecule has 1 aromatic carbocycles. The second-order valence-corrected chi connectivity index (χ2v) is 8.43. The minimum Gasteiger partial charge on any atom is -0.483 e. The van der Waals surface area contributed by atoms with E-state index in [1.165, 1.54) is 0 Å². The lowest BCUT2D eigenvalue weighted by atomic mass is 10.0. The Hall–Kier alpha value is -3.30. The minimum absolute atomic E-state index is 0.0877. The highest BCUT2D eigenvalue weighted by Gasteiger charge is 2.44. The molecular formula is C20H26N4O6. The highest BCUT2D eigenvalue weighted by atomic mass is 16.5. The molecule has 1 aromatic rings. The van der Waals surface area contributed by atoms with E-state index in [0.29, 0.717) is 11.5 Å². The Balaban J connectivity index is 1.42. The third kappa shape index (κ3) is 4.64. The van der Waals surface area contributed by atoms with Gasteiger partial charge in [0, 0.05) is 24.9 Å². The van der Waals surface area contributed by atoms with E-state index in [2.05, 4.69) is 16.2 Å². The van der Waals surface area contributed by atoms with Gasteiger partial charge in [-0.3, -0.25) is 30.1 Å². The average molecular weight is 418 g/mol. The number of nitrogens with zero attached hydrogens (tertiary/aromatic N) is 1. The van der Waals surface area contributed by atoms with Gasteiger partial charge in [-0.05, 0) is 33.8 Å². The SMILES string of the molecule is CC1(C)Cc2cccc(OCC(=O)NNC(=O)CCN3C(=O)NC(C)(C)C3=O)c2O1. The van der Waals surface area contributed by atoms with Crippen molar-refractivity contribution >= 4 is 23.8 Å². The second-order valence-electron chi connectivity index (χ2n) is 8.43. The fourth-order valence-electron chi connectivity index (χ4n) is 3.32. The van der Waals surface area contributed by atoms with Crippen LogP contribution in [0.2, 0.25) is 0 Å². The fourth-order valence-corrected chi connectivity index (χ4v) is 3.32. The first-order valence-electron chi connectivity index (χ1n) is 9.64. The number of urea groups is 1. The molecule has 1 fully saturated rings. The van der Waals surface area contributed by atoms with Gasteiger partial charge in [-0.1, -0.05) is 12.1 Å². The van der Waals surface area contributed by atoms with Crippen LogP contribution >= 0.6 is 0 Å². The number of carbonyl (C=O) groups excluding carboxylic acids is 4. The molecule has 2 aliphatic heterocycles. The third-order valence-corrected chi connectivity index (χ3v) is 4.76. The van der Waals surface area contributed by atoms with E-state index >= 15 is 0 Å². The number of para-hydroxylation sites is 1. The number of hydrazine groups is 1. The van der Waals surface area contributed by atoms with Crippen LogP contribution in [0.15, 0.2) is 18.2 Å². The van der Waals surface area contributed by atoms with Gasteiger partial charge in [-0.2, -0.15) is 0 Å². The molecule has 3 N–H and O–H groups in total. The van der Waals surface area contributed by atoms with E-state index in [1.807, 2.05) is 26.0 Å². The quantitative estimate of drug-likeness (QED) is 0.460. The lowest BCUT2D eigenvalue weighted by molar-refractivity contribution is -0.132. The number of amides is 5. The Labute approximate surface area is 174 Å². The normalized spacial score (nSPS) is 18.3. The van der Waals surface area contributed by atoms with E-state index in [1.54, 1.807) is 19.9 Å². The zero-order valence-corrected chi connectivity index (χ0v) is 17.5. The molecule has 10 nitrogen and oxygen atoms in total. The molecule has 3 rings (SSSR count). The van der Waals surface area contributed by atoms with Crippen LogP contribution in [-0.2, 0) is 20.8 Å². The van der Waals surface area contributed by atoms with Crippen LogP contribution in [0.5, 0.6) is 11.5 Å². The topological polar surface area (TPSA) is 126 Å². The summed E-state index contributed by atoms with van der Waals surface area (Å²) in [6, 6.07) is 4.95. The van der Waals surface area contributed by atoms with Crippen molar-refractivity contribution in [1.82, 2.24) is 21.1 Å². The van der Waals surface area contributed by atoms with E-state index in [9.17, 15) is 19.2 Å². The van der Waals surface area contributed by atoms with Gasteiger partial charge in [0.05, 0.1) is 0 Å². The van der Waals surface area contributed by atoms with Gasteiger partial charge in [-0.15, -0.1) is 0 Å². The summed E-state index contributed by atoms with van der Waals surface area (Å²) in [5.41, 5.74) is 4.17. The van der Waals surface area contributed by atoms with E-state index in [0.717, 1.165) is 16.9 Å². The van der Waals surface area contributed by atoms with Crippen molar-refractivity contribution in [2.45, 2.75) is 51.7 Å². The Morgan fingerprint density at radius 1 is 1.17 bits per heavy atom. The molecule has 0 aliphatic carbocycles. The van der Waals surface area contributed by atoms with Crippen LogP contribution in [0, 0.1) is 0 Å². The number of hydrogen-bond donors (Lipinski definition) is 3. The standard InChI is InChI=1S/C20H26N4O6/c1-19(2)10-12-6-5-7-13(16(12)30-19)29-11-15(26)23-22-14(25)8-9-24-17(27)20(3,4)21-18(24)28/h5-7H,8-11H2,1-4H3,(H,21,28)(H,22,25)(H,23,26). The van der Waals surface area contributed by atoms with Gasteiger partial charge >= 0.3 is 6.03 Å². The molecule has 1 saturated heterocycles. The maximum Gasteiger partial charge on any atom is 0.325 e. The van der Waals surface area contributed by atoms with Gasteiger partial charge in [0.1, 0.15) is 11.1 Å². The molecule has 0 saturated carbocycles. The number of benzene rings is 1. The van der Waals surface area contributed by atoms with E-state index in [-0.39, 0.29) is 25.2 Å². The van der Waals surface area contributed by atoms with Crippen LogP contribution in [0.4, 0.5) is 4.79 Å². The number of nitrogens with one attached hydrogen (secondary N) is 3. The number of carbonyl (C=O) groups is 4. The first kappa shape index (κ1) is 21.4. The summed E-state index contributed by atoms with van der Waals surface area (Å²) in [7, 11) is 0. The minimum atomic E-state index is -0.990.